The molecule has 2 aromatic heterocycles. The second-order valence-corrected chi connectivity index (χ2v) is 3.39. The summed E-state index contributed by atoms with van der Waals surface area (Å²) in [5, 5.41) is 0. The summed E-state index contributed by atoms with van der Waals surface area (Å²) in [6.45, 7) is 3.07. The average molecular weight is 202 g/mol. The molecule has 0 unspecified atom stereocenters. The molecule has 0 aliphatic rings. The van der Waals surface area contributed by atoms with E-state index < -0.39 is 0 Å². The number of nitrogens with zero attached hydrogens (tertiary/aromatic N) is 3. The summed E-state index contributed by atoms with van der Waals surface area (Å²) in [6.07, 6.45) is 6.53. The van der Waals surface area contributed by atoms with Crippen LogP contribution >= 0.6 is 0 Å². The second kappa shape index (κ2) is 4.13. The van der Waals surface area contributed by atoms with E-state index in [1.165, 1.54) is 0 Å². The van der Waals surface area contributed by atoms with Gasteiger partial charge in [-0.15, -0.1) is 0 Å². The number of hydrogen-bond acceptors (Lipinski definition) is 3. The Hall–Kier alpha value is -1.84. The normalized spacial score (nSPS) is 10.5. The molecule has 4 heteroatoms. The smallest absolute Gasteiger partial charge is 0.160 e. The topological polar surface area (TPSA) is 56.7 Å². The van der Waals surface area contributed by atoms with Crippen molar-refractivity contribution >= 4 is 5.69 Å². The molecule has 0 aliphatic carbocycles. The molecule has 2 N–H and O–H groups in total. The average Bonchev–Trinajstić information content (AvgIpc) is 2.67. The number of imidazole rings is 1. The van der Waals surface area contributed by atoms with Crippen LogP contribution in [0, 0.1) is 0 Å². The lowest BCUT2D eigenvalue weighted by molar-refractivity contribution is 0.684. The van der Waals surface area contributed by atoms with Gasteiger partial charge in [0.15, 0.2) is 5.82 Å². The fourth-order valence-corrected chi connectivity index (χ4v) is 1.55. The standard InChI is InChI=1S/C11H14N4/c1-2-7-15-8-6-14-11(15)10-9(12)4-3-5-13-10/h3-6,8H,2,7,12H2,1H3. The van der Waals surface area contributed by atoms with Crippen LogP contribution in [0.4, 0.5) is 5.69 Å². The Bertz CT molecular complexity index is 447. The summed E-state index contributed by atoms with van der Waals surface area (Å²) in [5.74, 6) is 0.843. The maximum Gasteiger partial charge on any atom is 0.160 e. The Labute approximate surface area is 88.8 Å². The third kappa shape index (κ3) is 1.83. The first-order valence-corrected chi connectivity index (χ1v) is 5.05. The van der Waals surface area contributed by atoms with E-state index in [1.54, 1.807) is 12.4 Å². The quantitative estimate of drug-likeness (QED) is 0.827. The molecular weight excluding hydrogens is 188 g/mol. The number of nitrogens with two attached hydrogens (primary N) is 1. The lowest BCUT2D eigenvalue weighted by atomic mass is 10.3. The highest BCUT2D eigenvalue weighted by Crippen LogP contribution is 2.21. The van der Waals surface area contributed by atoms with Crippen LogP contribution in [0.5, 0.6) is 0 Å². The van der Waals surface area contributed by atoms with Crippen LogP contribution in [-0.4, -0.2) is 14.5 Å². The zero-order valence-corrected chi connectivity index (χ0v) is 8.72. The molecule has 0 radical (unpaired) electrons. The van der Waals surface area contributed by atoms with Crippen LogP contribution < -0.4 is 5.73 Å². The molecule has 0 saturated carbocycles. The van der Waals surface area contributed by atoms with Crippen molar-refractivity contribution < 1.29 is 0 Å². The van der Waals surface area contributed by atoms with Gasteiger partial charge in [-0.2, -0.15) is 0 Å². The number of anilines is 1. The number of aryl methyl sites for hydroxylation is 1. The SMILES string of the molecule is CCCn1ccnc1-c1ncccc1N. The van der Waals surface area contributed by atoms with Gasteiger partial charge in [-0.1, -0.05) is 6.92 Å². The first-order valence-electron chi connectivity index (χ1n) is 5.05. The molecule has 0 aromatic carbocycles. The lowest BCUT2D eigenvalue weighted by Crippen LogP contribution is -2.02. The summed E-state index contributed by atoms with van der Waals surface area (Å²) in [6, 6.07) is 3.67. The first kappa shape index (κ1) is 9.71. The Morgan fingerprint density at radius 1 is 1.33 bits per heavy atom. The second-order valence-electron chi connectivity index (χ2n) is 3.39. The molecule has 0 bridgehead atoms. The van der Waals surface area contributed by atoms with Gasteiger partial charge >= 0.3 is 0 Å². The maximum atomic E-state index is 5.86. The summed E-state index contributed by atoms with van der Waals surface area (Å²) < 4.78 is 2.07. The summed E-state index contributed by atoms with van der Waals surface area (Å²) in [5.41, 5.74) is 7.29. The van der Waals surface area contributed by atoms with Gasteiger partial charge in [0, 0.05) is 25.1 Å². The fourth-order valence-electron chi connectivity index (χ4n) is 1.55. The minimum absolute atomic E-state index is 0.668. The molecule has 0 fully saturated rings. The Morgan fingerprint density at radius 2 is 2.20 bits per heavy atom. The molecule has 2 rings (SSSR count). The van der Waals surface area contributed by atoms with Crippen molar-refractivity contribution in [1.29, 1.82) is 0 Å². The lowest BCUT2D eigenvalue weighted by Gasteiger charge is -2.07. The molecule has 78 valence electrons. The predicted octanol–water partition coefficient (Wildman–Crippen LogP) is 1.94. The van der Waals surface area contributed by atoms with Crippen LogP contribution in [0.25, 0.3) is 11.5 Å². The van der Waals surface area contributed by atoms with Gasteiger partial charge in [0.25, 0.3) is 0 Å². The molecule has 15 heavy (non-hydrogen) atoms. The van der Waals surface area contributed by atoms with Gasteiger partial charge in [0.1, 0.15) is 5.69 Å². The number of aromatic nitrogens is 3. The third-order valence-corrected chi connectivity index (χ3v) is 2.23. The van der Waals surface area contributed by atoms with E-state index in [9.17, 15) is 0 Å². The van der Waals surface area contributed by atoms with Crippen LogP contribution in [0.1, 0.15) is 13.3 Å². The number of pyridine rings is 1. The van der Waals surface area contributed by atoms with E-state index in [2.05, 4.69) is 21.5 Å². The summed E-state index contributed by atoms with van der Waals surface area (Å²) in [4.78, 5) is 8.54. The molecule has 4 nitrogen and oxygen atoms in total. The monoisotopic (exact) mass is 202 g/mol. The van der Waals surface area contributed by atoms with E-state index in [1.807, 2.05) is 18.3 Å². The number of rotatable bonds is 3. The van der Waals surface area contributed by atoms with Gasteiger partial charge in [0.2, 0.25) is 0 Å². The predicted molar refractivity (Wildman–Crippen MR) is 60.2 cm³/mol. The molecule has 0 atom stereocenters. The molecule has 2 heterocycles. The van der Waals surface area contributed by atoms with Crippen molar-refractivity contribution in [3.05, 3.63) is 30.7 Å². The van der Waals surface area contributed by atoms with E-state index in [0.29, 0.717) is 5.69 Å². The van der Waals surface area contributed by atoms with Crippen molar-refractivity contribution in [2.24, 2.45) is 0 Å². The van der Waals surface area contributed by atoms with Crippen molar-refractivity contribution in [3.63, 3.8) is 0 Å². The molecule has 0 aliphatic heterocycles. The van der Waals surface area contributed by atoms with E-state index >= 15 is 0 Å². The van der Waals surface area contributed by atoms with Crippen molar-refractivity contribution in [3.8, 4) is 11.5 Å². The van der Waals surface area contributed by atoms with Crippen LogP contribution in [0.15, 0.2) is 30.7 Å². The summed E-state index contributed by atoms with van der Waals surface area (Å²) in [7, 11) is 0. The van der Waals surface area contributed by atoms with Crippen LogP contribution in [0.2, 0.25) is 0 Å². The maximum absolute atomic E-state index is 5.86. The zero-order chi connectivity index (χ0) is 10.7. The van der Waals surface area contributed by atoms with Gasteiger partial charge < -0.3 is 10.3 Å². The van der Waals surface area contributed by atoms with Gasteiger partial charge in [0.05, 0.1) is 5.69 Å². The molecule has 0 spiro atoms. The Kier molecular flexibility index (Phi) is 2.67. The first-order chi connectivity index (χ1) is 7.33. The Balaban J connectivity index is 2.45. The van der Waals surface area contributed by atoms with Crippen molar-refractivity contribution in [2.45, 2.75) is 19.9 Å². The number of nitrogen functional groups attached to an aromatic ring is 1. The van der Waals surface area contributed by atoms with Gasteiger partial charge in [-0.25, -0.2) is 4.98 Å². The van der Waals surface area contributed by atoms with Crippen LogP contribution in [0.3, 0.4) is 0 Å². The minimum Gasteiger partial charge on any atom is -0.397 e. The zero-order valence-electron chi connectivity index (χ0n) is 8.72. The largest absolute Gasteiger partial charge is 0.397 e. The number of hydrogen-bond donors (Lipinski definition) is 1. The van der Waals surface area contributed by atoms with E-state index in [0.717, 1.165) is 24.5 Å². The molecular formula is C11H14N4. The highest BCUT2D eigenvalue weighted by molar-refractivity contribution is 5.66. The van der Waals surface area contributed by atoms with Crippen molar-refractivity contribution in [1.82, 2.24) is 14.5 Å². The van der Waals surface area contributed by atoms with E-state index in [-0.39, 0.29) is 0 Å². The van der Waals surface area contributed by atoms with Gasteiger partial charge in [-0.05, 0) is 18.6 Å². The highest BCUT2D eigenvalue weighted by atomic mass is 15.1. The van der Waals surface area contributed by atoms with Crippen molar-refractivity contribution in [2.75, 3.05) is 5.73 Å². The molecule has 2 aromatic rings. The fraction of sp³-hybridized carbons (Fsp3) is 0.273. The van der Waals surface area contributed by atoms with E-state index in [4.69, 9.17) is 5.73 Å². The third-order valence-electron chi connectivity index (χ3n) is 2.23. The molecule has 0 amide bonds. The Morgan fingerprint density at radius 3 is 2.93 bits per heavy atom. The minimum atomic E-state index is 0.668. The van der Waals surface area contributed by atoms with Crippen LogP contribution in [-0.2, 0) is 6.54 Å². The molecule has 0 saturated heterocycles. The summed E-state index contributed by atoms with van der Waals surface area (Å²) >= 11 is 0. The van der Waals surface area contributed by atoms with Gasteiger partial charge in [-0.3, -0.25) is 4.98 Å². The highest BCUT2D eigenvalue weighted by Gasteiger charge is 2.09.